The van der Waals surface area contributed by atoms with E-state index in [-0.39, 0.29) is 24.7 Å². The van der Waals surface area contributed by atoms with Gasteiger partial charge in [-0.3, -0.25) is 4.79 Å². The molecule has 2 aromatic heterocycles. The van der Waals surface area contributed by atoms with Gasteiger partial charge in [-0.1, -0.05) is 6.07 Å². The van der Waals surface area contributed by atoms with Gasteiger partial charge in [-0.2, -0.15) is 0 Å². The Morgan fingerprint density at radius 1 is 1.61 bits per heavy atom. The fourth-order valence-corrected chi connectivity index (χ4v) is 2.85. The van der Waals surface area contributed by atoms with Crippen LogP contribution in [-0.2, 0) is 16.9 Å². The van der Waals surface area contributed by atoms with Crippen molar-refractivity contribution in [1.29, 1.82) is 0 Å². The molecule has 0 aliphatic carbocycles. The molecule has 2 rings (SSSR count). The molecule has 9 heteroatoms. The highest BCUT2D eigenvalue weighted by atomic mass is 32.1. The molecule has 23 heavy (non-hydrogen) atoms. The zero-order chi connectivity index (χ0) is 17.0. The molecule has 0 saturated carbocycles. The van der Waals surface area contributed by atoms with Crippen molar-refractivity contribution in [2.75, 3.05) is 6.54 Å². The highest BCUT2D eigenvalue weighted by molar-refractivity contribution is 7.10. The van der Waals surface area contributed by atoms with E-state index >= 15 is 0 Å². The van der Waals surface area contributed by atoms with Crippen LogP contribution < -0.4 is 5.32 Å². The summed E-state index contributed by atoms with van der Waals surface area (Å²) in [5.41, 5.74) is -1.12. The highest BCUT2D eigenvalue weighted by Crippen LogP contribution is 2.24. The molecule has 1 amide bonds. The van der Waals surface area contributed by atoms with Crippen LogP contribution in [-0.4, -0.2) is 32.0 Å². The van der Waals surface area contributed by atoms with Crippen LogP contribution in [0.2, 0.25) is 0 Å². The summed E-state index contributed by atoms with van der Waals surface area (Å²) < 4.78 is 1.56. The summed E-state index contributed by atoms with van der Waals surface area (Å²) in [7, 11) is 0. The summed E-state index contributed by atoms with van der Waals surface area (Å²) in [6.07, 6.45) is 1.46. The maximum absolute atomic E-state index is 11.9. The molecule has 1 atom stereocenters. The van der Waals surface area contributed by atoms with Crippen molar-refractivity contribution in [3.63, 3.8) is 0 Å². The zero-order valence-corrected chi connectivity index (χ0v) is 13.7. The maximum atomic E-state index is 11.9. The Balaban J connectivity index is 1.85. The lowest BCUT2D eigenvalue weighted by molar-refractivity contribution is -0.389. The molecular formula is C14H18N4O4S. The van der Waals surface area contributed by atoms with Crippen molar-refractivity contribution in [3.8, 4) is 0 Å². The van der Waals surface area contributed by atoms with Crippen molar-refractivity contribution >= 4 is 23.1 Å². The molecular weight excluding hydrogens is 320 g/mol. The SMILES string of the molecule is Cc1nc([N+](=O)[O-])cn1CCC(=O)NCC(C)(O)c1cccs1. The second-order valence-corrected chi connectivity index (χ2v) is 6.32. The average Bonchev–Trinajstić information content (AvgIpc) is 3.13. The number of aliphatic hydroxyl groups is 1. The lowest BCUT2D eigenvalue weighted by Crippen LogP contribution is -2.38. The molecule has 1 unspecified atom stereocenters. The standard InChI is InChI=1S/C14H18N4O4S/c1-10-16-12(18(21)22)8-17(10)6-5-13(19)15-9-14(2,20)11-4-3-7-23-11/h3-4,7-8,20H,5-6,9H2,1-2H3,(H,15,19). The minimum absolute atomic E-state index is 0.107. The monoisotopic (exact) mass is 338 g/mol. The van der Waals surface area contributed by atoms with Gasteiger partial charge in [-0.05, 0) is 28.3 Å². The lowest BCUT2D eigenvalue weighted by atomic mass is 10.1. The predicted molar refractivity (Wildman–Crippen MR) is 85.1 cm³/mol. The fourth-order valence-electron chi connectivity index (χ4n) is 2.06. The number of carbonyl (C=O) groups is 1. The lowest BCUT2D eigenvalue weighted by Gasteiger charge is -2.22. The van der Waals surface area contributed by atoms with E-state index in [0.717, 1.165) is 4.88 Å². The van der Waals surface area contributed by atoms with Crippen LogP contribution in [0.1, 0.15) is 24.0 Å². The molecule has 0 spiro atoms. The van der Waals surface area contributed by atoms with Gasteiger partial charge in [0.15, 0.2) is 0 Å². The molecule has 0 saturated heterocycles. The summed E-state index contributed by atoms with van der Waals surface area (Å²) in [5.74, 6) is 0.0104. The first kappa shape index (κ1) is 17.1. The molecule has 0 fully saturated rings. The summed E-state index contributed by atoms with van der Waals surface area (Å²) >= 11 is 1.42. The van der Waals surface area contributed by atoms with Gasteiger partial charge in [-0.15, -0.1) is 11.3 Å². The second kappa shape index (κ2) is 6.88. The molecule has 2 heterocycles. The van der Waals surface area contributed by atoms with Crippen LogP contribution in [0.3, 0.4) is 0 Å². The van der Waals surface area contributed by atoms with Crippen LogP contribution in [0.5, 0.6) is 0 Å². The van der Waals surface area contributed by atoms with Crippen LogP contribution in [0.25, 0.3) is 0 Å². The van der Waals surface area contributed by atoms with E-state index in [1.54, 1.807) is 18.4 Å². The molecule has 0 aliphatic heterocycles. The Morgan fingerprint density at radius 3 is 2.91 bits per heavy atom. The van der Waals surface area contributed by atoms with E-state index in [0.29, 0.717) is 12.4 Å². The molecule has 0 aliphatic rings. The first-order chi connectivity index (χ1) is 10.8. The van der Waals surface area contributed by atoms with E-state index in [2.05, 4.69) is 10.3 Å². The van der Waals surface area contributed by atoms with Crippen LogP contribution in [0.4, 0.5) is 5.82 Å². The van der Waals surface area contributed by atoms with Crippen LogP contribution in [0, 0.1) is 17.0 Å². The summed E-state index contributed by atoms with van der Waals surface area (Å²) in [6.45, 7) is 3.68. The van der Waals surface area contributed by atoms with Gasteiger partial charge < -0.3 is 25.1 Å². The van der Waals surface area contributed by atoms with E-state index in [1.807, 2.05) is 17.5 Å². The Labute approximate surface area is 136 Å². The minimum Gasteiger partial charge on any atom is -0.383 e. The van der Waals surface area contributed by atoms with E-state index < -0.39 is 10.5 Å². The molecule has 2 aromatic rings. The number of aryl methyl sites for hydroxylation is 2. The Kier molecular flexibility index (Phi) is 5.12. The second-order valence-electron chi connectivity index (χ2n) is 5.37. The third kappa shape index (κ3) is 4.36. The Hall–Kier alpha value is -2.26. The van der Waals surface area contributed by atoms with Crippen LogP contribution in [0.15, 0.2) is 23.7 Å². The van der Waals surface area contributed by atoms with Crippen molar-refractivity contribution < 1.29 is 14.8 Å². The maximum Gasteiger partial charge on any atom is 0.381 e. The first-order valence-electron chi connectivity index (χ1n) is 7.01. The normalized spacial score (nSPS) is 13.5. The molecule has 124 valence electrons. The van der Waals surface area contributed by atoms with Gasteiger partial charge in [-0.25, -0.2) is 0 Å². The van der Waals surface area contributed by atoms with E-state index in [4.69, 9.17) is 0 Å². The number of thiophene rings is 1. The molecule has 8 nitrogen and oxygen atoms in total. The zero-order valence-electron chi connectivity index (χ0n) is 12.9. The number of rotatable bonds is 7. The largest absolute Gasteiger partial charge is 0.383 e. The van der Waals surface area contributed by atoms with Crippen molar-refractivity contribution in [2.45, 2.75) is 32.4 Å². The Morgan fingerprint density at radius 2 is 2.35 bits per heavy atom. The van der Waals surface area contributed by atoms with Crippen molar-refractivity contribution in [3.05, 3.63) is 44.5 Å². The summed E-state index contributed by atoms with van der Waals surface area (Å²) in [4.78, 5) is 26.6. The number of nitro groups is 1. The molecule has 0 aromatic carbocycles. The summed E-state index contributed by atoms with van der Waals surface area (Å²) in [6, 6.07) is 3.65. The van der Waals surface area contributed by atoms with Crippen molar-refractivity contribution in [2.24, 2.45) is 0 Å². The topological polar surface area (TPSA) is 110 Å². The predicted octanol–water partition coefficient (Wildman–Crippen LogP) is 1.58. The number of hydrogen-bond donors (Lipinski definition) is 2. The number of amides is 1. The fraction of sp³-hybridized carbons (Fsp3) is 0.429. The van der Waals surface area contributed by atoms with Gasteiger partial charge in [0.05, 0.1) is 6.54 Å². The average molecular weight is 338 g/mol. The highest BCUT2D eigenvalue weighted by Gasteiger charge is 2.24. The van der Waals surface area contributed by atoms with Crippen molar-refractivity contribution in [1.82, 2.24) is 14.9 Å². The van der Waals surface area contributed by atoms with Crippen LogP contribution >= 0.6 is 11.3 Å². The van der Waals surface area contributed by atoms with E-state index in [9.17, 15) is 20.0 Å². The molecule has 0 bridgehead atoms. The number of aromatic nitrogens is 2. The quantitative estimate of drug-likeness (QED) is 0.588. The third-order valence-corrected chi connectivity index (χ3v) is 4.53. The smallest absolute Gasteiger partial charge is 0.381 e. The van der Waals surface area contributed by atoms with Gasteiger partial charge in [0.2, 0.25) is 11.7 Å². The summed E-state index contributed by atoms with van der Waals surface area (Å²) in [5, 5.41) is 25.5. The number of imidazole rings is 1. The van der Waals surface area contributed by atoms with E-state index in [1.165, 1.54) is 17.5 Å². The molecule has 0 radical (unpaired) electrons. The van der Waals surface area contributed by atoms with Gasteiger partial charge in [0, 0.05) is 24.8 Å². The number of nitrogens with one attached hydrogen (secondary N) is 1. The first-order valence-corrected chi connectivity index (χ1v) is 7.89. The van der Waals surface area contributed by atoms with Gasteiger partial charge in [0.1, 0.15) is 11.8 Å². The molecule has 2 N–H and O–H groups in total. The third-order valence-electron chi connectivity index (χ3n) is 3.41. The van der Waals surface area contributed by atoms with Gasteiger partial charge in [0.25, 0.3) is 0 Å². The van der Waals surface area contributed by atoms with Gasteiger partial charge >= 0.3 is 5.82 Å². The number of hydrogen-bond acceptors (Lipinski definition) is 6. The minimum atomic E-state index is -1.12. The Bertz CT molecular complexity index is 694. The number of nitrogens with zero attached hydrogens (tertiary/aromatic N) is 3. The number of carbonyl (C=O) groups excluding carboxylic acids is 1.